The first kappa shape index (κ1) is 32.3. The van der Waals surface area contributed by atoms with E-state index >= 15 is 0 Å². The smallest absolute Gasteiger partial charge is 0.0465 e. The van der Waals surface area contributed by atoms with Crippen LogP contribution in [0.4, 0.5) is 17.1 Å². The van der Waals surface area contributed by atoms with E-state index in [0.29, 0.717) is 0 Å². The SMILES string of the molecule is CCC1(CC)c2cc(/C=C/c3ccc(-c4cccc(C)c4-c4ccccc4)cc3)ccc2-c2ccc(N(c3ccccc3)c3ccccc3)cc21. The Labute approximate surface area is 303 Å². The van der Waals surface area contributed by atoms with Crippen molar-refractivity contribution in [3.63, 3.8) is 0 Å². The first-order valence-corrected chi connectivity index (χ1v) is 18.2. The molecule has 0 bridgehead atoms. The summed E-state index contributed by atoms with van der Waals surface area (Å²) < 4.78 is 0. The number of aryl methyl sites for hydroxylation is 1. The van der Waals surface area contributed by atoms with Gasteiger partial charge in [0.25, 0.3) is 0 Å². The lowest BCUT2D eigenvalue weighted by molar-refractivity contribution is 0.490. The second-order valence-corrected chi connectivity index (χ2v) is 13.6. The van der Waals surface area contributed by atoms with Crippen molar-refractivity contribution in [1.82, 2.24) is 0 Å². The van der Waals surface area contributed by atoms with Crippen LogP contribution in [0.5, 0.6) is 0 Å². The van der Waals surface area contributed by atoms with Crippen LogP contribution in [0.25, 0.3) is 45.5 Å². The fourth-order valence-corrected chi connectivity index (χ4v) is 8.22. The Morgan fingerprint density at radius 3 is 1.63 bits per heavy atom. The monoisotopic (exact) mass is 657 g/mol. The average Bonchev–Trinajstić information content (AvgIpc) is 3.47. The van der Waals surface area contributed by atoms with E-state index in [2.05, 4.69) is 208 Å². The van der Waals surface area contributed by atoms with E-state index < -0.39 is 0 Å². The molecule has 0 saturated heterocycles. The molecular weight excluding hydrogens is 615 g/mol. The molecule has 1 nitrogen and oxygen atoms in total. The van der Waals surface area contributed by atoms with Crippen molar-refractivity contribution in [1.29, 1.82) is 0 Å². The molecular formula is C50H43N. The van der Waals surface area contributed by atoms with Crippen molar-refractivity contribution >= 4 is 29.2 Å². The minimum Gasteiger partial charge on any atom is -0.310 e. The summed E-state index contributed by atoms with van der Waals surface area (Å²) in [6, 6.07) is 61.9. The van der Waals surface area contributed by atoms with E-state index in [-0.39, 0.29) is 5.41 Å². The molecule has 1 heteroatoms. The molecule has 0 atom stereocenters. The molecule has 0 radical (unpaired) electrons. The summed E-state index contributed by atoms with van der Waals surface area (Å²) in [5.41, 5.74) is 17.8. The quantitative estimate of drug-likeness (QED) is 0.140. The van der Waals surface area contributed by atoms with Crippen molar-refractivity contribution in [3.8, 4) is 33.4 Å². The van der Waals surface area contributed by atoms with E-state index in [4.69, 9.17) is 0 Å². The van der Waals surface area contributed by atoms with E-state index in [0.717, 1.165) is 24.2 Å². The molecule has 0 fully saturated rings. The Kier molecular flexibility index (Phi) is 8.72. The summed E-state index contributed by atoms with van der Waals surface area (Å²) in [6.07, 6.45) is 6.61. The Morgan fingerprint density at radius 2 is 1.00 bits per heavy atom. The third kappa shape index (κ3) is 5.89. The number of rotatable bonds is 9. The van der Waals surface area contributed by atoms with Crippen LogP contribution in [0.1, 0.15) is 54.5 Å². The zero-order chi connectivity index (χ0) is 34.8. The number of hydrogen-bond acceptors (Lipinski definition) is 1. The van der Waals surface area contributed by atoms with Crippen LogP contribution in [-0.4, -0.2) is 0 Å². The van der Waals surface area contributed by atoms with Gasteiger partial charge < -0.3 is 4.90 Å². The highest BCUT2D eigenvalue weighted by Gasteiger charge is 2.41. The van der Waals surface area contributed by atoms with Gasteiger partial charge in [0.1, 0.15) is 0 Å². The fraction of sp³-hybridized carbons (Fsp3) is 0.120. The van der Waals surface area contributed by atoms with Gasteiger partial charge in [-0.1, -0.05) is 159 Å². The molecule has 0 heterocycles. The topological polar surface area (TPSA) is 3.24 Å². The Bertz CT molecular complexity index is 2270. The fourth-order valence-electron chi connectivity index (χ4n) is 8.22. The summed E-state index contributed by atoms with van der Waals surface area (Å²) >= 11 is 0. The standard InChI is InChI=1S/C50H43N/c1-4-50(5-2)47-34-38(25-24-37-26-29-39(30-27-37)44-23-15-16-36(3)49(44)40-17-9-6-10-18-40)28-32-45(47)46-33-31-43(35-48(46)50)51(41-19-11-7-12-20-41)42-21-13-8-14-22-42/h6-35H,4-5H2,1-3H3/b25-24+. The molecule has 0 spiro atoms. The number of nitrogens with zero attached hydrogens (tertiary/aromatic N) is 1. The van der Waals surface area contributed by atoms with Gasteiger partial charge in [-0.25, -0.2) is 0 Å². The van der Waals surface area contributed by atoms with Crippen LogP contribution in [0.3, 0.4) is 0 Å². The second-order valence-electron chi connectivity index (χ2n) is 13.6. The van der Waals surface area contributed by atoms with Gasteiger partial charge in [0.2, 0.25) is 0 Å². The normalized spacial score (nSPS) is 12.8. The van der Waals surface area contributed by atoms with Gasteiger partial charge in [-0.3, -0.25) is 0 Å². The summed E-state index contributed by atoms with van der Waals surface area (Å²) in [4.78, 5) is 2.38. The van der Waals surface area contributed by atoms with Crippen LogP contribution in [0.2, 0.25) is 0 Å². The summed E-state index contributed by atoms with van der Waals surface area (Å²) in [5.74, 6) is 0. The molecule has 51 heavy (non-hydrogen) atoms. The van der Waals surface area contributed by atoms with E-state index in [1.165, 1.54) is 66.9 Å². The van der Waals surface area contributed by atoms with Crippen LogP contribution < -0.4 is 4.90 Å². The van der Waals surface area contributed by atoms with Crippen LogP contribution >= 0.6 is 0 Å². The van der Waals surface area contributed by atoms with Gasteiger partial charge in [-0.05, 0) is 117 Å². The van der Waals surface area contributed by atoms with Gasteiger partial charge >= 0.3 is 0 Å². The first-order valence-electron chi connectivity index (χ1n) is 18.2. The maximum atomic E-state index is 2.46. The van der Waals surface area contributed by atoms with Gasteiger partial charge in [-0.15, -0.1) is 0 Å². The molecule has 1 aliphatic rings. The molecule has 0 N–H and O–H groups in total. The minimum atomic E-state index is -0.0461. The van der Waals surface area contributed by atoms with E-state index in [1.807, 2.05) is 0 Å². The molecule has 0 saturated carbocycles. The van der Waals surface area contributed by atoms with Gasteiger partial charge in [0, 0.05) is 22.5 Å². The van der Waals surface area contributed by atoms with Crippen LogP contribution in [-0.2, 0) is 5.41 Å². The lowest BCUT2D eigenvalue weighted by Crippen LogP contribution is -2.23. The molecule has 7 aromatic carbocycles. The van der Waals surface area contributed by atoms with Crippen molar-refractivity contribution in [2.45, 2.75) is 39.0 Å². The molecule has 0 aromatic heterocycles. The lowest BCUT2D eigenvalue weighted by atomic mass is 9.73. The Balaban J connectivity index is 1.11. The predicted molar refractivity (Wildman–Crippen MR) is 219 cm³/mol. The third-order valence-electron chi connectivity index (χ3n) is 10.9. The largest absolute Gasteiger partial charge is 0.310 e. The highest BCUT2D eigenvalue weighted by Crippen LogP contribution is 2.54. The third-order valence-corrected chi connectivity index (χ3v) is 10.9. The first-order chi connectivity index (χ1) is 25.1. The number of fused-ring (bicyclic) bond motifs is 3. The summed E-state index contributed by atoms with van der Waals surface area (Å²) in [7, 11) is 0. The number of anilines is 3. The summed E-state index contributed by atoms with van der Waals surface area (Å²) in [6.45, 7) is 6.90. The highest BCUT2D eigenvalue weighted by molar-refractivity contribution is 5.88. The number of hydrogen-bond donors (Lipinski definition) is 0. The van der Waals surface area contributed by atoms with Crippen molar-refractivity contribution in [3.05, 3.63) is 198 Å². The van der Waals surface area contributed by atoms with Crippen molar-refractivity contribution in [2.75, 3.05) is 4.90 Å². The highest BCUT2D eigenvalue weighted by atomic mass is 15.1. The Hall–Kier alpha value is -5.92. The molecule has 8 rings (SSSR count). The number of benzene rings is 7. The summed E-state index contributed by atoms with van der Waals surface area (Å²) in [5, 5.41) is 0. The molecule has 1 aliphatic carbocycles. The van der Waals surface area contributed by atoms with Crippen molar-refractivity contribution in [2.24, 2.45) is 0 Å². The van der Waals surface area contributed by atoms with Crippen molar-refractivity contribution < 1.29 is 0 Å². The van der Waals surface area contributed by atoms with Gasteiger partial charge in [-0.2, -0.15) is 0 Å². The minimum absolute atomic E-state index is 0.0461. The maximum Gasteiger partial charge on any atom is 0.0465 e. The molecule has 0 aliphatic heterocycles. The molecule has 248 valence electrons. The maximum absolute atomic E-state index is 2.46. The molecule has 7 aromatic rings. The van der Waals surface area contributed by atoms with Gasteiger partial charge in [0.15, 0.2) is 0 Å². The number of para-hydroxylation sites is 2. The van der Waals surface area contributed by atoms with Gasteiger partial charge in [0.05, 0.1) is 0 Å². The van der Waals surface area contributed by atoms with Crippen LogP contribution in [0, 0.1) is 6.92 Å². The zero-order valence-corrected chi connectivity index (χ0v) is 29.7. The van der Waals surface area contributed by atoms with Crippen LogP contribution in [0.15, 0.2) is 170 Å². The molecule has 0 unspecified atom stereocenters. The zero-order valence-electron chi connectivity index (χ0n) is 29.7. The van der Waals surface area contributed by atoms with E-state index in [9.17, 15) is 0 Å². The predicted octanol–water partition coefficient (Wildman–Crippen LogP) is 14.1. The average molecular weight is 658 g/mol. The molecule has 0 amide bonds. The second kappa shape index (κ2) is 13.8. The lowest BCUT2D eigenvalue weighted by Gasteiger charge is -2.32. The van der Waals surface area contributed by atoms with E-state index in [1.54, 1.807) is 0 Å². The Morgan fingerprint density at radius 1 is 0.451 bits per heavy atom.